The van der Waals surface area contributed by atoms with Gasteiger partial charge in [-0.05, 0) is 75.4 Å². The summed E-state index contributed by atoms with van der Waals surface area (Å²) in [6.07, 6.45) is 3.36. The number of methoxy groups -OCH3 is 1. The van der Waals surface area contributed by atoms with Crippen LogP contribution in [0.3, 0.4) is 0 Å². The molecule has 0 spiro atoms. The first-order valence-electron chi connectivity index (χ1n) is 14.2. The Bertz CT molecular complexity index is 1460. The lowest BCUT2D eigenvalue weighted by Gasteiger charge is -2.35. The Kier molecular flexibility index (Phi) is 11.4. The summed E-state index contributed by atoms with van der Waals surface area (Å²) in [4.78, 5) is 48.3. The first-order chi connectivity index (χ1) is 20.0. The summed E-state index contributed by atoms with van der Waals surface area (Å²) in [7, 11) is 3.25. The van der Waals surface area contributed by atoms with E-state index in [1.165, 1.54) is 6.33 Å². The van der Waals surface area contributed by atoms with E-state index in [2.05, 4.69) is 36.6 Å². The van der Waals surface area contributed by atoms with Gasteiger partial charge in [-0.3, -0.25) is 19.7 Å². The Morgan fingerprint density at radius 1 is 1.14 bits per heavy atom. The van der Waals surface area contributed by atoms with Crippen LogP contribution in [-0.2, 0) is 20.8 Å². The second-order valence-electron chi connectivity index (χ2n) is 11.5. The van der Waals surface area contributed by atoms with Gasteiger partial charge in [-0.2, -0.15) is 0 Å². The molecule has 3 aromatic rings. The Labute approximate surface area is 258 Å². The number of aromatic nitrogens is 2. The molecule has 1 aromatic heterocycles. The van der Waals surface area contributed by atoms with E-state index in [0.717, 1.165) is 35.2 Å². The van der Waals surface area contributed by atoms with E-state index in [0.29, 0.717) is 29.9 Å². The van der Waals surface area contributed by atoms with Crippen LogP contribution in [0.25, 0.3) is 10.9 Å². The maximum absolute atomic E-state index is 13.6. The molecule has 4 rings (SSSR count). The summed E-state index contributed by atoms with van der Waals surface area (Å²) in [5.74, 6) is -0.0600. The highest BCUT2D eigenvalue weighted by molar-refractivity contribution is 6.02. The highest BCUT2D eigenvalue weighted by Crippen LogP contribution is 2.35. The SMILES string of the molecule is CN[C@@H](C)C(=O)N[C@H](C(=O)NC(=O)[C@@H]1CCCN1)C(C)(C)Cc1cc2c(Nc3ccccc3C)ncnc2cc1OC.Cl. The number of halogens is 1. The van der Waals surface area contributed by atoms with E-state index in [9.17, 15) is 14.4 Å². The molecule has 232 valence electrons. The molecule has 5 N–H and O–H groups in total. The van der Waals surface area contributed by atoms with Gasteiger partial charge in [-0.1, -0.05) is 32.0 Å². The van der Waals surface area contributed by atoms with Crippen molar-refractivity contribution in [2.24, 2.45) is 5.41 Å². The van der Waals surface area contributed by atoms with E-state index in [4.69, 9.17) is 4.74 Å². The lowest BCUT2D eigenvalue weighted by molar-refractivity contribution is -0.137. The summed E-state index contributed by atoms with van der Waals surface area (Å²) in [5.41, 5.74) is 2.66. The highest BCUT2D eigenvalue weighted by atomic mass is 35.5. The molecule has 1 fully saturated rings. The molecule has 2 aromatic carbocycles. The number of anilines is 2. The summed E-state index contributed by atoms with van der Waals surface area (Å²) < 4.78 is 5.74. The normalized spacial score (nSPS) is 16.1. The minimum absolute atomic E-state index is 0. The number of rotatable bonds is 11. The monoisotopic (exact) mass is 611 g/mol. The fraction of sp³-hybridized carbons (Fsp3) is 0.452. The van der Waals surface area contributed by atoms with Gasteiger partial charge in [0, 0.05) is 17.1 Å². The summed E-state index contributed by atoms with van der Waals surface area (Å²) in [6.45, 7) is 8.23. The van der Waals surface area contributed by atoms with Crippen molar-refractivity contribution in [3.8, 4) is 5.75 Å². The molecule has 1 saturated heterocycles. The molecule has 43 heavy (non-hydrogen) atoms. The molecule has 0 radical (unpaired) electrons. The fourth-order valence-corrected chi connectivity index (χ4v) is 5.19. The van der Waals surface area contributed by atoms with E-state index >= 15 is 0 Å². The van der Waals surface area contributed by atoms with Crippen LogP contribution in [0.15, 0.2) is 42.7 Å². The van der Waals surface area contributed by atoms with Gasteiger partial charge >= 0.3 is 0 Å². The van der Waals surface area contributed by atoms with Gasteiger partial charge in [0.25, 0.3) is 0 Å². The lowest BCUT2D eigenvalue weighted by Crippen LogP contribution is -2.59. The number of amides is 3. The Hall–Kier alpha value is -3.80. The van der Waals surface area contributed by atoms with Crippen LogP contribution in [0.4, 0.5) is 11.5 Å². The number of carbonyl (C=O) groups is 3. The predicted octanol–water partition coefficient (Wildman–Crippen LogP) is 3.17. The quantitative estimate of drug-likeness (QED) is 0.221. The van der Waals surface area contributed by atoms with Crippen LogP contribution in [0.1, 0.15) is 44.7 Å². The third kappa shape index (κ3) is 7.98. The van der Waals surface area contributed by atoms with Crippen molar-refractivity contribution >= 4 is 52.5 Å². The molecule has 1 aliphatic heterocycles. The van der Waals surface area contributed by atoms with Gasteiger partial charge in [0.05, 0.1) is 24.7 Å². The number of imide groups is 1. The number of ether oxygens (including phenoxy) is 1. The van der Waals surface area contributed by atoms with Crippen molar-refractivity contribution in [1.82, 2.24) is 31.2 Å². The minimum Gasteiger partial charge on any atom is -0.496 e. The number of hydrogen-bond acceptors (Lipinski definition) is 9. The second kappa shape index (κ2) is 14.6. The maximum atomic E-state index is 13.6. The van der Waals surface area contributed by atoms with Gasteiger partial charge in [-0.15, -0.1) is 12.4 Å². The van der Waals surface area contributed by atoms with Gasteiger partial charge in [0.15, 0.2) is 0 Å². The predicted molar refractivity (Wildman–Crippen MR) is 170 cm³/mol. The Morgan fingerprint density at radius 2 is 1.88 bits per heavy atom. The van der Waals surface area contributed by atoms with Crippen molar-refractivity contribution in [2.45, 2.75) is 65.1 Å². The molecule has 0 aliphatic carbocycles. The van der Waals surface area contributed by atoms with Crippen molar-refractivity contribution in [3.63, 3.8) is 0 Å². The van der Waals surface area contributed by atoms with Gasteiger partial charge < -0.3 is 26.0 Å². The summed E-state index contributed by atoms with van der Waals surface area (Å²) in [6, 6.07) is 9.76. The Morgan fingerprint density at radius 3 is 2.53 bits per heavy atom. The summed E-state index contributed by atoms with van der Waals surface area (Å²) in [5, 5.41) is 15.6. The maximum Gasteiger partial charge on any atom is 0.249 e. The van der Waals surface area contributed by atoms with Crippen LogP contribution in [0, 0.1) is 12.3 Å². The number of nitrogens with zero attached hydrogens (tertiary/aromatic N) is 2. The third-order valence-electron chi connectivity index (χ3n) is 7.86. The minimum atomic E-state index is -1.01. The smallest absolute Gasteiger partial charge is 0.249 e. The number of aryl methyl sites for hydroxylation is 1. The zero-order valence-electron chi connectivity index (χ0n) is 25.5. The van der Waals surface area contributed by atoms with Crippen LogP contribution in [0.2, 0.25) is 0 Å². The van der Waals surface area contributed by atoms with Crippen LogP contribution in [-0.4, -0.2) is 66.5 Å². The molecular weight excluding hydrogens is 570 g/mol. The van der Waals surface area contributed by atoms with E-state index in [1.54, 1.807) is 21.1 Å². The molecule has 0 unspecified atom stereocenters. The molecule has 1 aliphatic rings. The molecular formula is C31H42ClN7O4. The zero-order chi connectivity index (χ0) is 30.4. The standard InChI is InChI=1S/C31H41N7O4.ClH/c1-18-10-7-8-11-22(18)36-27-21-14-20(25(42-6)15-24(21)34-17-35-27)16-31(3,4)26(37-28(39)19(2)32-5)30(41)38-29(40)23-12-9-13-33-23;/h7-8,10-11,14-15,17,19,23,26,32-33H,9,12-13,16H2,1-6H3,(H,37,39)(H,34,35,36)(H,38,40,41);1H/t19-,23-,26+;/m0./s1. The average molecular weight is 612 g/mol. The van der Waals surface area contributed by atoms with Gasteiger partial charge in [0.1, 0.15) is 23.9 Å². The van der Waals surface area contributed by atoms with Crippen molar-refractivity contribution in [2.75, 3.05) is 26.0 Å². The van der Waals surface area contributed by atoms with Crippen LogP contribution >= 0.6 is 12.4 Å². The van der Waals surface area contributed by atoms with Crippen LogP contribution < -0.4 is 31.3 Å². The molecule has 3 amide bonds. The molecule has 0 saturated carbocycles. The number of fused-ring (bicyclic) bond motifs is 1. The van der Waals surface area contributed by atoms with E-state index < -0.39 is 29.4 Å². The topological polar surface area (TPSA) is 146 Å². The van der Waals surface area contributed by atoms with Crippen LogP contribution in [0.5, 0.6) is 5.75 Å². The van der Waals surface area contributed by atoms with E-state index in [1.807, 2.05) is 57.2 Å². The highest BCUT2D eigenvalue weighted by Gasteiger charge is 2.39. The number of hydrogen-bond donors (Lipinski definition) is 5. The van der Waals surface area contributed by atoms with E-state index in [-0.39, 0.29) is 24.2 Å². The first kappa shape index (κ1) is 33.7. The van der Waals surface area contributed by atoms with Crippen molar-refractivity contribution in [3.05, 3.63) is 53.9 Å². The number of likely N-dealkylation sites (N-methyl/N-ethyl adjacent to an activating group) is 1. The largest absolute Gasteiger partial charge is 0.496 e. The second-order valence-corrected chi connectivity index (χ2v) is 11.5. The number of nitrogens with one attached hydrogen (secondary N) is 5. The number of para-hydroxylation sites is 1. The average Bonchev–Trinajstić information content (AvgIpc) is 3.51. The molecule has 12 heteroatoms. The first-order valence-corrected chi connectivity index (χ1v) is 14.2. The number of benzene rings is 2. The zero-order valence-corrected chi connectivity index (χ0v) is 26.4. The van der Waals surface area contributed by atoms with Crippen molar-refractivity contribution < 1.29 is 19.1 Å². The Balaban J connectivity index is 0.00000506. The number of carbonyl (C=O) groups excluding carboxylic acids is 3. The van der Waals surface area contributed by atoms with Gasteiger partial charge in [0.2, 0.25) is 17.7 Å². The van der Waals surface area contributed by atoms with Gasteiger partial charge in [-0.25, -0.2) is 9.97 Å². The lowest BCUT2D eigenvalue weighted by atomic mass is 9.77. The molecule has 2 heterocycles. The van der Waals surface area contributed by atoms with Crippen molar-refractivity contribution in [1.29, 1.82) is 0 Å². The fourth-order valence-electron chi connectivity index (χ4n) is 5.19. The third-order valence-corrected chi connectivity index (χ3v) is 7.86. The molecule has 3 atom stereocenters. The molecule has 11 nitrogen and oxygen atoms in total. The summed E-state index contributed by atoms with van der Waals surface area (Å²) >= 11 is 0. The molecule has 0 bridgehead atoms.